The van der Waals surface area contributed by atoms with Crippen LogP contribution in [0, 0.1) is 17.8 Å². The Labute approximate surface area is 318 Å². The van der Waals surface area contributed by atoms with E-state index in [-0.39, 0.29) is 48.2 Å². The van der Waals surface area contributed by atoms with E-state index < -0.39 is 77.9 Å². The molecule has 298 valence electrons. The highest BCUT2D eigenvalue weighted by Gasteiger charge is 2.51. The van der Waals surface area contributed by atoms with E-state index in [9.17, 15) is 30.0 Å². The number of cyclic esters (lactones) is 1. The Bertz CT molecular complexity index is 1360. The number of urea groups is 1. The molecule has 1 aromatic carbocycles. The fourth-order valence-electron chi connectivity index (χ4n) is 7.73. The number of methoxy groups -OCH3 is 1. The number of hydrogen-bond donors (Lipinski definition) is 5. The number of esters is 1. The number of nitrogens with zero attached hydrogens (tertiary/aromatic N) is 2. The van der Waals surface area contributed by atoms with Crippen LogP contribution in [0.2, 0.25) is 10.0 Å². The van der Waals surface area contributed by atoms with E-state index in [2.05, 4.69) is 5.32 Å². The summed E-state index contributed by atoms with van der Waals surface area (Å²) >= 11 is 12.5. The number of ether oxygens (including phenoxy) is 4. The molecule has 3 rings (SSSR count). The van der Waals surface area contributed by atoms with Gasteiger partial charge in [-0.05, 0) is 92.1 Å². The van der Waals surface area contributed by atoms with Crippen LogP contribution in [0.25, 0.3) is 0 Å². The lowest BCUT2D eigenvalue weighted by Gasteiger charge is -2.48. The van der Waals surface area contributed by atoms with Gasteiger partial charge < -0.3 is 54.5 Å². The molecule has 0 unspecified atom stereocenters. The summed E-state index contributed by atoms with van der Waals surface area (Å²) in [5, 5.41) is 50.1. The van der Waals surface area contributed by atoms with Gasteiger partial charge in [0.15, 0.2) is 6.29 Å². The van der Waals surface area contributed by atoms with Gasteiger partial charge >= 0.3 is 12.0 Å². The molecule has 0 aromatic heterocycles. The first-order chi connectivity index (χ1) is 24.1. The molecule has 2 aliphatic heterocycles. The molecule has 0 spiro atoms. The minimum atomic E-state index is -2.01. The number of rotatable bonds is 6. The SMILES string of the molecule is CC[C@H]1OC(=O)[C@H](C)[C@@H](O)[C@H](C)[C@@H](O[C@@H]2O[C@H](C)C[C@H](N(C)C)[C@H]2O)[C@](C)(OC)C[C@@H](C)CN(C(=O)Nc2ccc(Cl)cc2Cl)[C@H](C)[C@@H](O)[C@]1(C)O. The van der Waals surface area contributed by atoms with Gasteiger partial charge in [-0.15, -0.1) is 0 Å². The topological polar surface area (TPSA) is 170 Å². The first kappa shape index (κ1) is 44.6. The van der Waals surface area contributed by atoms with Gasteiger partial charge in [0, 0.05) is 30.6 Å². The summed E-state index contributed by atoms with van der Waals surface area (Å²) in [5.41, 5.74) is -2.90. The average Bonchev–Trinajstić information content (AvgIpc) is 3.08. The summed E-state index contributed by atoms with van der Waals surface area (Å²) in [6.45, 7) is 13.6. The van der Waals surface area contributed by atoms with E-state index >= 15 is 0 Å². The molecule has 2 aliphatic rings. The molecule has 5 N–H and O–H groups in total. The van der Waals surface area contributed by atoms with Crippen LogP contribution < -0.4 is 5.32 Å². The maximum absolute atomic E-state index is 14.1. The smallest absolute Gasteiger partial charge is 0.322 e. The summed E-state index contributed by atoms with van der Waals surface area (Å²) in [7, 11) is 5.25. The number of hydrogen-bond acceptors (Lipinski definition) is 11. The van der Waals surface area contributed by atoms with E-state index in [1.54, 1.807) is 32.9 Å². The summed E-state index contributed by atoms with van der Waals surface area (Å²) in [6, 6.07) is 2.73. The van der Waals surface area contributed by atoms with E-state index in [4.69, 9.17) is 42.1 Å². The highest BCUT2D eigenvalue weighted by Crippen LogP contribution is 2.38. The standard InChI is InChI=1S/C37H61Cl2N3O10/c1-12-28-37(8,48)31(45)23(6)42(35(47)40-26-14-13-24(38)16-25(26)39)18-19(2)17-36(7,49-11)32(21(4)29(43)22(5)33(46)51-28)52-34-30(44)27(41(9)10)15-20(3)50-34/h13-14,16,19-23,27-32,34,43-45,48H,12,15,17-18H2,1-11H3,(H,40,47)/t19-,20-,21+,22-,23-,27+,28-,29+,30-,31-,32-,34+,36-,37-/m1/s1. The summed E-state index contributed by atoms with van der Waals surface area (Å²) in [5.74, 6) is -3.03. The molecular formula is C37H61Cl2N3O10. The molecule has 1 aromatic rings. The zero-order chi connectivity index (χ0) is 39.5. The third-order valence-corrected chi connectivity index (χ3v) is 11.6. The van der Waals surface area contributed by atoms with Crippen molar-refractivity contribution in [1.82, 2.24) is 9.80 Å². The lowest BCUT2D eigenvalue weighted by molar-refractivity contribution is -0.301. The predicted octanol–water partition coefficient (Wildman–Crippen LogP) is 4.54. The Hall–Kier alpha value is -1.78. The molecule has 14 atom stereocenters. The second kappa shape index (κ2) is 18.2. The van der Waals surface area contributed by atoms with Gasteiger partial charge in [-0.3, -0.25) is 4.79 Å². The summed E-state index contributed by atoms with van der Waals surface area (Å²) in [6.07, 6.45) is -6.50. The second-order valence-corrected chi connectivity index (χ2v) is 16.4. The fourth-order valence-corrected chi connectivity index (χ4v) is 8.19. The molecule has 52 heavy (non-hydrogen) atoms. The van der Waals surface area contributed by atoms with Crippen molar-refractivity contribution in [1.29, 1.82) is 0 Å². The van der Waals surface area contributed by atoms with Crippen molar-refractivity contribution in [3.63, 3.8) is 0 Å². The number of benzene rings is 1. The molecule has 15 heteroatoms. The first-order valence-corrected chi connectivity index (χ1v) is 18.9. The number of aliphatic hydroxyl groups is 4. The number of likely N-dealkylation sites (N-methyl/N-ethyl adjacent to an activating group) is 1. The van der Waals surface area contributed by atoms with Gasteiger partial charge in [0.1, 0.15) is 23.9 Å². The zero-order valence-electron chi connectivity index (χ0n) is 32.4. The van der Waals surface area contributed by atoms with Crippen molar-refractivity contribution >= 4 is 40.9 Å². The van der Waals surface area contributed by atoms with Crippen LogP contribution in [-0.4, -0.2) is 136 Å². The lowest BCUT2D eigenvalue weighted by atomic mass is 9.77. The summed E-state index contributed by atoms with van der Waals surface area (Å²) < 4.78 is 24.8. The Morgan fingerprint density at radius 2 is 1.73 bits per heavy atom. The molecule has 2 fully saturated rings. The van der Waals surface area contributed by atoms with Gasteiger partial charge in [0.2, 0.25) is 0 Å². The number of amides is 2. The average molecular weight is 779 g/mol. The maximum Gasteiger partial charge on any atom is 0.322 e. The molecule has 0 aliphatic carbocycles. The van der Waals surface area contributed by atoms with Crippen LogP contribution in [0.1, 0.15) is 74.7 Å². The fraction of sp³-hybridized carbons (Fsp3) is 0.784. The van der Waals surface area contributed by atoms with Crippen molar-refractivity contribution in [2.75, 3.05) is 33.1 Å². The van der Waals surface area contributed by atoms with Crippen LogP contribution in [0.5, 0.6) is 0 Å². The first-order valence-electron chi connectivity index (χ1n) is 18.1. The second-order valence-electron chi connectivity index (χ2n) is 15.5. The summed E-state index contributed by atoms with van der Waals surface area (Å²) in [4.78, 5) is 31.0. The van der Waals surface area contributed by atoms with Crippen LogP contribution in [0.4, 0.5) is 10.5 Å². The quantitative estimate of drug-likeness (QED) is 0.257. The molecule has 13 nitrogen and oxygen atoms in total. The molecule has 2 saturated heterocycles. The van der Waals surface area contributed by atoms with Crippen LogP contribution >= 0.6 is 23.2 Å². The number of carbonyl (C=O) groups excluding carboxylic acids is 2. The molecule has 0 bridgehead atoms. The number of nitrogens with one attached hydrogen (secondary N) is 1. The predicted molar refractivity (Wildman–Crippen MR) is 199 cm³/mol. The lowest BCUT2D eigenvalue weighted by Crippen LogP contribution is -2.61. The molecule has 2 heterocycles. The van der Waals surface area contributed by atoms with Crippen molar-refractivity contribution in [3.8, 4) is 0 Å². The molecule has 0 saturated carbocycles. The number of halogens is 2. The minimum absolute atomic E-state index is 0.0588. The number of anilines is 1. The van der Waals surface area contributed by atoms with Crippen molar-refractivity contribution in [2.45, 2.75) is 141 Å². The van der Waals surface area contributed by atoms with Gasteiger partial charge in [-0.1, -0.05) is 44.0 Å². The van der Waals surface area contributed by atoms with Gasteiger partial charge in [-0.25, -0.2) is 4.79 Å². The maximum atomic E-state index is 14.1. The van der Waals surface area contributed by atoms with Crippen LogP contribution in [-0.2, 0) is 23.7 Å². The highest BCUT2D eigenvalue weighted by atomic mass is 35.5. The van der Waals surface area contributed by atoms with Crippen molar-refractivity contribution < 1.29 is 49.0 Å². The number of carbonyl (C=O) groups is 2. The highest BCUT2D eigenvalue weighted by molar-refractivity contribution is 6.36. The third kappa shape index (κ3) is 10.1. The van der Waals surface area contributed by atoms with Crippen molar-refractivity contribution in [3.05, 3.63) is 28.2 Å². The van der Waals surface area contributed by atoms with E-state index in [1.807, 2.05) is 39.8 Å². The zero-order valence-corrected chi connectivity index (χ0v) is 33.9. The van der Waals surface area contributed by atoms with Gasteiger partial charge in [0.25, 0.3) is 0 Å². The Morgan fingerprint density at radius 1 is 1.10 bits per heavy atom. The minimum Gasteiger partial charge on any atom is -0.459 e. The molecular weight excluding hydrogens is 717 g/mol. The Kier molecular flexibility index (Phi) is 15.6. The molecule has 2 amide bonds. The largest absolute Gasteiger partial charge is 0.459 e. The van der Waals surface area contributed by atoms with Crippen molar-refractivity contribution in [2.24, 2.45) is 17.8 Å². The van der Waals surface area contributed by atoms with Crippen LogP contribution in [0.15, 0.2) is 18.2 Å². The molecule has 0 radical (unpaired) electrons. The Morgan fingerprint density at radius 3 is 2.29 bits per heavy atom. The van der Waals surface area contributed by atoms with E-state index in [0.29, 0.717) is 11.4 Å². The Balaban J connectivity index is 2.14. The van der Waals surface area contributed by atoms with E-state index in [0.717, 1.165) is 0 Å². The van der Waals surface area contributed by atoms with Gasteiger partial charge in [0.05, 0.1) is 46.6 Å². The monoisotopic (exact) mass is 777 g/mol. The van der Waals surface area contributed by atoms with E-state index in [1.165, 1.54) is 31.9 Å². The normalized spacial score (nSPS) is 40.1. The third-order valence-electron chi connectivity index (χ3n) is 11.0. The van der Waals surface area contributed by atoms with Gasteiger partial charge in [-0.2, -0.15) is 0 Å². The number of aliphatic hydroxyl groups excluding tert-OH is 3. The van der Waals surface area contributed by atoms with Crippen LogP contribution in [0.3, 0.4) is 0 Å².